The van der Waals surface area contributed by atoms with Gasteiger partial charge in [-0.3, -0.25) is 4.79 Å². The number of aryl methyl sites for hydroxylation is 1. The zero-order valence-corrected chi connectivity index (χ0v) is 10.8. The summed E-state index contributed by atoms with van der Waals surface area (Å²) in [6.07, 6.45) is 5.45. The van der Waals surface area contributed by atoms with Gasteiger partial charge in [0.25, 0.3) is 5.56 Å². The summed E-state index contributed by atoms with van der Waals surface area (Å²) in [6.45, 7) is 0. The van der Waals surface area contributed by atoms with E-state index in [1.807, 2.05) is 6.07 Å². The molecule has 0 spiro atoms. The molecular formula is C16H16N2O. The highest BCUT2D eigenvalue weighted by atomic mass is 16.1. The molecule has 0 unspecified atom stereocenters. The normalized spacial score (nSPS) is 17.5. The lowest BCUT2D eigenvalue weighted by molar-refractivity contribution is 0.899. The molecule has 2 aliphatic carbocycles. The van der Waals surface area contributed by atoms with E-state index in [0.717, 1.165) is 47.8 Å². The summed E-state index contributed by atoms with van der Waals surface area (Å²) in [5, 5.41) is 0. The van der Waals surface area contributed by atoms with Gasteiger partial charge in [0.15, 0.2) is 0 Å². The Kier molecular flexibility index (Phi) is 2.34. The Hall–Kier alpha value is -1.90. The number of rotatable bonds is 2. The predicted octanol–water partition coefficient (Wildman–Crippen LogP) is 2.80. The van der Waals surface area contributed by atoms with Crippen molar-refractivity contribution >= 4 is 0 Å². The van der Waals surface area contributed by atoms with E-state index in [1.54, 1.807) is 0 Å². The average molecular weight is 252 g/mol. The summed E-state index contributed by atoms with van der Waals surface area (Å²) in [6, 6.07) is 8.45. The maximum Gasteiger partial charge on any atom is 0.254 e. The van der Waals surface area contributed by atoms with E-state index in [-0.39, 0.29) is 5.56 Å². The Balaban J connectivity index is 1.82. The van der Waals surface area contributed by atoms with E-state index in [0.29, 0.717) is 0 Å². The van der Waals surface area contributed by atoms with Gasteiger partial charge in [0, 0.05) is 11.1 Å². The molecule has 1 N–H and O–H groups in total. The Labute approximate surface area is 111 Å². The molecule has 4 rings (SSSR count). The standard InChI is InChI=1S/C16H16N2O/c19-16-13-5-2-6-14(13)17-15(18-16)12-4-1-3-11(9-12)10-7-8-10/h1,3-4,9-10H,2,5-8H2,(H,17,18,19). The quantitative estimate of drug-likeness (QED) is 0.893. The van der Waals surface area contributed by atoms with Gasteiger partial charge in [-0.15, -0.1) is 0 Å². The number of aromatic amines is 1. The van der Waals surface area contributed by atoms with E-state index in [1.165, 1.54) is 18.4 Å². The Morgan fingerprint density at radius 3 is 2.95 bits per heavy atom. The Morgan fingerprint density at radius 1 is 1.21 bits per heavy atom. The van der Waals surface area contributed by atoms with Crippen molar-refractivity contribution in [3.05, 3.63) is 51.4 Å². The fraction of sp³-hybridized carbons (Fsp3) is 0.375. The third kappa shape index (κ3) is 1.89. The second kappa shape index (κ2) is 4.05. The molecule has 2 aliphatic rings. The van der Waals surface area contributed by atoms with Gasteiger partial charge in [0.1, 0.15) is 5.82 Å². The number of hydrogen-bond donors (Lipinski definition) is 1. The Bertz CT molecular complexity index is 698. The molecule has 1 saturated carbocycles. The molecule has 2 aromatic rings. The first-order valence-corrected chi connectivity index (χ1v) is 7.03. The number of aromatic nitrogens is 2. The molecular weight excluding hydrogens is 236 g/mol. The first-order chi connectivity index (χ1) is 9.31. The van der Waals surface area contributed by atoms with Gasteiger partial charge in [-0.1, -0.05) is 18.2 Å². The highest BCUT2D eigenvalue weighted by Gasteiger charge is 2.24. The fourth-order valence-corrected chi connectivity index (χ4v) is 2.93. The predicted molar refractivity (Wildman–Crippen MR) is 74.3 cm³/mol. The SMILES string of the molecule is O=c1[nH]c(-c2cccc(C3CC3)c2)nc2c1CCC2. The van der Waals surface area contributed by atoms with Gasteiger partial charge >= 0.3 is 0 Å². The minimum absolute atomic E-state index is 0.0503. The summed E-state index contributed by atoms with van der Waals surface area (Å²) in [5.41, 5.74) is 4.35. The molecule has 3 nitrogen and oxygen atoms in total. The molecule has 1 aromatic carbocycles. The van der Waals surface area contributed by atoms with Crippen molar-refractivity contribution in [2.45, 2.75) is 38.0 Å². The molecule has 19 heavy (non-hydrogen) atoms. The molecule has 96 valence electrons. The van der Waals surface area contributed by atoms with Crippen LogP contribution in [0.25, 0.3) is 11.4 Å². The summed E-state index contributed by atoms with van der Waals surface area (Å²) >= 11 is 0. The van der Waals surface area contributed by atoms with Crippen molar-refractivity contribution in [3.8, 4) is 11.4 Å². The highest BCUT2D eigenvalue weighted by Crippen LogP contribution is 2.40. The molecule has 0 aliphatic heterocycles. The van der Waals surface area contributed by atoms with Crippen LogP contribution in [0.15, 0.2) is 29.1 Å². The third-order valence-corrected chi connectivity index (χ3v) is 4.15. The van der Waals surface area contributed by atoms with Gasteiger partial charge in [-0.2, -0.15) is 0 Å². The molecule has 1 fully saturated rings. The maximum atomic E-state index is 12.0. The lowest BCUT2D eigenvalue weighted by Gasteiger charge is -2.06. The van der Waals surface area contributed by atoms with Crippen LogP contribution in [0.2, 0.25) is 0 Å². The van der Waals surface area contributed by atoms with E-state index in [4.69, 9.17) is 0 Å². The zero-order valence-electron chi connectivity index (χ0n) is 10.8. The molecule has 0 radical (unpaired) electrons. The minimum atomic E-state index is 0.0503. The van der Waals surface area contributed by atoms with Crippen LogP contribution in [0, 0.1) is 0 Å². The van der Waals surface area contributed by atoms with E-state index in [2.05, 4.69) is 28.2 Å². The second-order valence-electron chi connectivity index (χ2n) is 5.59. The zero-order chi connectivity index (χ0) is 12.8. The second-order valence-corrected chi connectivity index (χ2v) is 5.59. The number of nitrogens with zero attached hydrogens (tertiary/aromatic N) is 1. The van der Waals surface area contributed by atoms with Gasteiger partial charge in [0.2, 0.25) is 0 Å². The molecule has 0 amide bonds. The van der Waals surface area contributed by atoms with E-state index in [9.17, 15) is 4.79 Å². The summed E-state index contributed by atoms with van der Waals surface area (Å²) < 4.78 is 0. The van der Waals surface area contributed by atoms with Crippen LogP contribution in [0.4, 0.5) is 0 Å². The molecule has 1 aromatic heterocycles. The molecule has 3 heteroatoms. The summed E-state index contributed by atoms with van der Waals surface area (Å²) in [5.74, 6) is 1.45. The minimum Gasteiger partial charge on any atom is -0.306 e. The van der Waals surface area contributed by atoms with Crippen LogP contribution >= 0.6 is 0 Å². The number of H-pyrrole nitrogens is 1. The fourth-order valence-electron chi connectivity index (χ4n) is 2.93. The lowest BCUT2D eigenvalue weighted by Crippen LogP contribution is -2.15. The van der Waals surface area contributed by atoms with Crippen LogP contribution < -0.4 is 5.56 Å². The third-order valence-electron chi connectivity index (χ3n) is 4.15. The highest BCUT2D eigenvalue weighted by molar-refractivity contribution is 5.57. The largest absolute Gasteiger partial charge is 0.306 e. The Morgan fingerprint density at radius 2 is 2.11 bits per heavy atom. The van der Waals surface area contributed by atoms with Crippen LogP contribution in [-0.2, 0) is 12.8 Å². The van der Waals surface area contributed by atoms with Crippen LogP contribution in [0.1, 0.15) is 42.0 Å². The van der Waals surface area contributed by atoms with Crippen molar-refractivity contribution in [1.29, 1.82) is 0 Å². The van der Waals surface area contributed by atoms with Gasteiger partial charge in [0.05, 0.1) is 5.69 Å². The molecule has 0 atom stereocenters. The first-order valence-electron chi connectivity index (χ1n) is 7.03. The molecule has 0 saturated heterocycles. The first kappa shape index (κ1) is 11.0. The van der Waals surface area contributed by atoms with Gasteiger partial charge < -0.3 is 4.98 Å². The van der Waals surface area contributed by atoms with E-state index < -0.39 is 0 Å². The van der Waals surface area contributed by atoms with Crippen molar-refractivity contribution in [3.63, 3.8) is 0 Å². The van der Waals surface area contributed by atoms with Gasteiger partial charge in [-0.05, 0) is 49.7 Å². The summed E-state index contributed by atoms with van der Waals surface area (Å²) in [4.78, 5) is 19.6. The average Bonchev–Trinajstić information content (AvgIpc) is 3.17. The van der Waals surface area contributed by atoms with Gasteiger partial charge in [-0.25, -0.2) is 4.98 Å². The number of fused-ring (bicyclic) bond motifs is 1. The smallest absolute Gasteiger partial charge is 0.254 e. The van der Waals surface area contributed by atoms with Crippen molar-refractivity contribution in [1.82, 2.24) is 9.97 Å². The lowest BCUT2D eigenvalue weighted by atomic mass is 10.1. The number of benzene rings is 1. The van der Waals surface area contributed by atoms with Crippen LogP contribution in [0.5, 0.6) is 0 Å². The van der Waals surface area contributed by atoms with E-state index >= 15 is 0 Å². The maximum absolute atomic E-state index is 12.0. The van der Waals surface area contributed by atoms with Crippen molar-refractivity contribution < 1.29 is 0 Å². The number of nitrogens with one attached hydrogen (secondary N) is 1. The van der Waals surface area contributed by atoms with Crippen LogP contribution in [-0.4, -0.2) is 9.97 Å². The van der Waals surface area contributed by atoms with Crippen molar-refractivity contribution in [2.24, 2.45) is 0 Å². The number of hydrogen-bond acceptors (Lipinski definition) is 2. The van der Waals surface area contributed by atoms with Crippen molar-refractivity contribution in [2.75, 3.05) is 0 Å². The molecule has 1 heterocycles. The monoisotopic (exact) mass is 252 g/mol. The summed E-state index contributed by atoms with van der Waals surface area (Å²) in [7, 11) is 0. The topological polar surface area (TPSA) is 45.8 Å². The molecule has 0 bridgehead atoms. The van der Waals surface area contributed by atoms with Crippen LogP contribution in [0.3, 0.4) is 0 Å².